The standard InChI is InChI=1S/C21H35NO4/c1-6-12-17(2)14-15-18(3)26-21(4,5)20(25)22-16-11-9-7-8-10-13-19(23)24/h6,12,14-15H,7-11,13,16H2,1-5H3,(H,22,25)(H,23,24)/b12-6-,17-14-,18-15+. The molecule has 0 aliphatic carbocycles. The van der Waals surface area contributed by atoms with Crippen LogP contribution in [-0.4, -0.2) is 29.1 Å². The van der Waals surface area contributed by atoms with Crippen LogP contribution in [-0.2, 0) is 14.3 Å². The third kappa shape index (κ3) is 12.3. The zero-order valence-electron chi connectivity index (χ0n) is 16.9. The lowest BCUT2D eigenvalue weighted by Gasteiger charge is -2.25. The highest BCUT2D eigenvalue weighted by Crippen LogP contribution is 2.15. The molecule has 0 heterocycles. The van der Waals surface area contributed by atoms with Gasteiger partial charge in [0.15, 0.2) is 5.60 Å². The monoisotopic (exact) mass is 365 g/mol. The molecule has 0 aliphatic rings. The largest absolute Gasteiger partial charge is 0.483 e. The summed E-state index contributed by atoms with van der Waals surface area (Å²) in [5.41, 5.74) is 0.186. The van der Waals surface area contributed by atoms with Crippen LogP contribution in [0.2, 0.25) is 0 Å². The first-order valence-electron chi connectivity index (χ1n) is 9.36. The molecule has 0 rings (SSSR count). The molecule has 0 unspecified atom stereocenters. The Morgan fingerprint density at radius 2 is 1.65 bits per heavy atom. The van der Waals surface area contributed by atoms with Crippen molar-refractivity contribution in [2.45, 2.75) is 78.7 Å². The van der Waals surface area contributed by atoms with Crippen molar-refractivity contribution in [3.8, 4) is 0 Å². The van der Waals surface area contributed by atoms with Gasteiger partial charge in [0.2, 0.25) is 0 Å². The molecule has 26 heavy (non-hydrogen) atoms. The number of carbonyl (C=O) groups excluding carboxylic acids is 1. The average molecular weight is 366 g/mol. The van der Waals surface area contributed by atoms with Crippen molar-refractivity contribution in [2.75, 3.05) is 6.54 Å². The van der Waals surface area contributed by atoms with E-state index in [4.69, 9.17) is 9.84 Å². The van der Waals surface area contributed by atoms with Gasteiger partial charge in [-0.3, -0.25) is 9.59 Å². The Labute approximate surface area is 158 Å². The Hall–Kier alpha value is -2.04. The van der Waals surface area contributed by atoms with Crippen LogP contribution in [0.4, 0.5) is 0 Å². The number of ether oxygens (including phenoxy) is 1. The van der Waals surface area contributed by atoms with Gasteiger partial charge in [-0.2, -0.15) is 0 Å². The first-order chi connectivity index (χ1) is 12.2. The lowest BCUT2D eigenvalue weighted by Crippen LogP contribution is -2.44. The van der Waals surface area contributed by atoms with E-state index < -0.39 is 11.6 Å². The molecule has 0 fully saturated rings. The van der Waals surface area contributed by atoms with Crippen LogP contribution >= 0.6 is 0 Å². The van der Waals surface area contributed by atoms with Gasteiger partial charge in [0.1, 0.15) is 0 Å². The van der Waals surface area contributed by atoms with Gasteiger partial charge in [-0.1, -0.05) is 43.1 Å². The number of carboxylic acids is 1. The van der Waals surface area contributed by atoms with E-state index in [-0.39, 0.29) is 12.3 Å². The van der Waals surface area contributed by atoms with Crippen LogP contribution < -0.4 is 5.32 Å². The smallest absolute Gasteiger partial charge is 0.303 e. The van der Waals surface area contributed by atoms with Crippen LogP contribution in [0.3, 0.4) is 0 Å². The maximum absolute atomic E-state index is 12.3. The summed E-state index contributed by atoms with van der Waals surface area (Å²) in [6.07, 6.45) is 12.5. The van der Waals surface area contributed by atoms with Crippen LogP contribution in [0.15, 0.2) is 35.6 Å². The molecule has 1 amide bonds. The lowest BCUT2D eigenvalue weighted by atomic mass is 10.1. The fourth-order valence-electron chi connectivity index (χ4n) is 2.40. The number of nitrogens with one attached hydrogen (secondary N) is 1. The van der Waals surface area contributed by atoms with E-state index in [1.807, 2.05) is 45.1 Å². The van der Waals surface area contributed by atoms with Gasteiger partial charge in [-0.15, -0.1) is 0 Å². The second-order valence-corrected chi connectivity index (χ2v) is 6.97. The number of carboxylic acid groups (broad SMARTS) is 1. The predicted molar refractivity (Wildman–Crippen MR) is 106 cm³/mol. The van der Waals surface area contributed by atoms with Gasteiger partial charge in [-0.25, -0.2) is 0 Å². The molecular weight excluding hydrogens is 330 g/mol. The number of amides is 1. The number of rotatable bonds is 13. The first-order valence-corrected chi connectivity index (χ1v) is 9.36. The highest BCUT2D eigenvalue weighted by Gasteiger charge is 2.29. The lowest BCUT2D eigenvalue weighted by molar-refractivity contribution is -0.138. The Bertz CT molecular complexity index is 530. The zero-order valence-corrected chi connectivity index (χ0v) is 16.9. The van der Waals surface area contributed by atoms with Crippen LogP contribution in [0, 0.1) is 0 Å². The summed E-state index contributed by atoms with van der Waals surface area (Å²) in [6.45, 7) is 9.93. The van der Waals surface area contributed by atoms with Gasteiger partial charge in [-0.05, 0) is 53.5 Å². The van der Waals surface area contributed by atoms with Crippen LogP contribution in [0.1, 0.15) is 73.1 Å². The fraction of sp³-hybridized carbons (Fsp3) is 0.619. The minimum Gasteiger partial charge on any atom is -0.483 e. The number of carbonyl (C=O) groups is 2. The van der Waals surface area contributed by atoms with Gasteiger partial charge >= 0.3 is 5.97 Å². The average Bonchev–Trinajstić information content (AvgIpc) is 2.54. The van der Waals surface area contributed by atoms with Crippen molar-refractivity contribution in [3.05, 3.63) is 35.6 Å². The Morgan fingerprint density at radius 1 is 1.04 bits per heavy atom. The van der Waals surface area contributed by atoms with Crippen molar-refractivity contribution in [3.63, 3.8) is 0 Å². The molecule has 2 N–H and O–H groups in total. The second kappa shape index (κ2) is 13.2. The summed E-state index contributed by atoms with van der Waals surface area (Å²) in [5, 5.41) is 11.5. The van der Waals surface area contributed by atoms with E-state index in [1.165, 1.54) is 0 Å². The minimum atomic E-state index is -0.926. The van der Waals surface area contributed by atoms with Crippen molar-refractivity contribution in [1.82, 2.24) is 5.32 Å². The fourth-order valence-corrected chi connectivity index (χ4v) is 2.40. The van der Waals surface area contributed by atoms with E-state index >= 15 is 0 Å². The molecule has 0 aromatic heterocycles. The molecule has 5 nitrogen and oxygen atoms in total. The molecule has 148 valence electrons. The van der Waals surface area contributed by atoms with Gasteiger partial charge < -0.3 is 15.2 Å². The molecule has 0 atom stereocenters. The molecule has 0 aromatic rings. The van der Waals surface area contributed by atoms with Gasteiger partial charge in [0.05, 0.1) is 5.76 Å². The topological polar surface area (TPSA) is 75.6 Å². The summed E-state index contributed by atoms with van der Waals surface area (Å²) in [4.78, 5) is 22.7. The summed E-state index contributed by atoms with van der Waals surface area (Å²) < 4.78 is 5.79. The third-order valence-corrected chi connectivity index (χ3v) is 3.83. The van der Waals surface area contributed by atoms with E-state index in [2.05, 4.69) is 5.32 Å². The van der Waals surface area contributed by atoms with Crippen molar-refractivity contribution in [2.24, 2.45) is 0 Å². The summed E-state index contributed by atoms with van der Waals surface area (Å²) >= 11 is 0. The SMILES string of the molecule is C\C=C/C(C)=C\C=C(/C)OC(C)(C)C(=O)NCCCCCCCC(=O)O. The highest BCUT2D eigenvalue weighted by molar-refractivity contribution is 5.84. The Balaban J connectivity index is 4.13. The number of hydrogen-bond donors (Lipinski definition) is 2. The molecular formula is C21H35NO4. The van der Waals surface area contributed by atoms with Crippen molar-refractivity contribution in [1.29, 1.82) is 0 Å². The predicted octanol–water partition coefficient (Wildman–Crippen LogP) is 4.75. The zero-order chi connectivity index (χ0) is 20.0. The number of allylic oxidation sites excluding steroid dienone is 6. The van der Waals surface area contributed by atoms with E-state index in [0.29, 0.717) is 12.3 Å². The highest BCUT2D eigenvalue weighted by atomic mass is 16.5. The van der Waals surface area contributed by atoms with Crippen molar-refractivity contribution < 1.29 is 19.4 Å². The molecule has 0 aliphatic heterocycles. The van der Waals surface area contributed by atoms with E-state index in [0.717, 1.165) is 37.7 Å². The number of unbranched alkanes of at least 4 members (excludes halogenated alkanes) is 4. The van der Waals surface area contributed by atoms with Crippen LogP contribution in [0.5, 0.6) is 0 Å². The molecule has 0 bridgehead atoms. The summed E-state index contributed by atoms with van der Waals surface area (Å²) in [5.74, 6) is -0.186. The number of hydrogen-bond acceptors (Lipinski definition) is 3. The third-order valence-electron chi connectivity index (χ3n) is 3.83. The first kappa shape index (κ1) is 24.0. The molecule has 0 radical (unpaired) electrons. The molecule has 0 spiro atoms. The number of aliphatic carboxylic acids is 1. The molecule has 0 saturated carbocycles. The molecule has 5 heteroatoms. The van der Waals surface area contributed by atoms with Crippen LogP contribution in [0.25, 0.3) is 0 Å². The van der Waals surface area contributed by atoms with Crippen molar-refractivity contribution >= 4 is 11.9 Å². The Kier molecular flexibility index (Phi) is 12.2. The van der Waals surface area contributed by atoms with E-state index in [1.54, 1.807) is 13.8 Å². The summed E-state index contributed by atoms with van der Waals surface area (Å²) in [6, 6.07) is 0. The summed E-state index contributed by atoms with van der Waals surface area (Å²) in [7, 11) is 0. The normalized spacial score (nSPS) is 13.1. The quantitative estimate of drug-likeness (QED) is 0.280. The van der Waals surface area contributed by atoms with Gasteiger partial charge in [0, 0.05) is 13.0 Å². The molecule has 0 aromatic carbocycles. The van der Waals surface area contributed by atoms with E-state index in [9.17, 15) is 9.59 Å². The minimum absolute atomic E-state index is 0.134. The Morgan fingerprint density at radius 3 is 2.27 bits per heavy atom. The maximum Gasteiger partial charge on any atom is 0.303 e. The second-order valence-electron chi connectivity index (χ2n) is 6.97. The van der Waals surface area contributed by atoms with Gasteiger partial charge in [0.25, 0.3) is 5.91 Å². The maximum atomic E-state index is 12.3. The molecule has 0 saturated heterocycles.